The van der Waals surface area contributed by atoms with E-state index in [1.807, 2.05) is 30.3 Å². The van der Waals surface area contributed by atoms with Crippen LogP contribution in [0.4, 0.5) is 0 Å². The van der Waals surface area contributed by atoms with E-state index >= 15 is 0 Å². The molecule has 0 amide bonds. The molecular weight excluding hydrogens is 190 g/mol. The van der Waals surface area contributed by atoms with Gasteiger partial charge in [0.2, 0.25) is 0 Å². The molecule has 3 nitrogen and oxygen atoms in total. The quantitative estimate of drug-likeness (QED) is 0.822. The van der Waals surface area contributed by atoms with Gasteiger partial charge in [-0.05, 0) is 19.4 Å². The summed E-state index contributed by atoms with van der Waals surface area (Å²) in [6.07, 6.45) is 1.89. The number of ether oxygens (including phenoxy) is 2. The molecule has 0 aliphatic carbocycles. The lowest BCUT2D eigenvalue weighted by atomic mass is 10.1. The molecule has 1 aromatic carbocycles. The maximum Gasteiger partial charge on any atom is 0.184 e. The molecule has 0 spiro atoms. The number of benzene rings is 1. The normalized spacial score (nSPS) is 26.5. The standard InChI is InChI=1S/C12H17NO2/c13-8-6-11-7-9-14-12(15-11)10-4-2-1-3-5-10/h1-5,11-12H,6-9,13H2/t11-,12+/m0/s1. The van der Waals surface area contributed by atoms with E-state index in [0.29, 0.717) is 6.54 Å². The van der Waals surface area contributed by atoms with Crippen molar-refractivity contribution in [2.24, 2.45) is 5.73 Å². The second-order valence-corrected chi connectivity index (χ2v) is 3.74. The summed E-state index contributed by atoms with van der Waals surface area (Å²) in [7, 11) is 0. The van der Waals surface area contributed by atoms with Crippen LogP contribution in [0, 0.1) is 0 Å². The lowest BCUT2D eigenvalue weighted by Crippen LogP contribution is -2.28. The van der Waals surface area contributed by atoms with E-state index in [0.717, 1.165) is 25.0 Å². The number of hydrogen-bond acceptors (Lipinski definition) is 3. The molecule has 1 aromatic rings. The fraction of sp³-hybridized carbons (Fsp3) is 0.500. The summed E-state index contributed by atoms with van der Waals surface area (Å²) in [5.74, 6) is 0. The molecule has 3 heteroatoms. The van der Waals surface area contributed by atoms with E-state index in [2.05, 4.69) is 0 Å². The first-order chi connectivity index (χ1) is 7.40. The highest BCUT2D eigenvalue weighted by Crippen LogP contribution is 2.26. The van der Waals surface area contributed by atoms with Crippen molar-refractivity contribution < 1.29 is 9.47 Å². The molecular formula is C12H17NO2. The first-order valence-corrected chi connectivity index (χ1v) is 5.42. The third-order valence-corrected chi connectivity index (χ3v) is 2.59. The van der Waals surface area contributed by atoms with Gasteiger partial charge in [-0.2, -0.15) is 0 Å². The van der Waals surface area contributed by atoms with E-state index in [1.165, 1.54) is 0 Å². The van der Waals surface area contributed by atoms with Crippen LogP contribution in [-0.2, 0) is 9.47 Å². The van der Waals surface area contributed by atoms with Gasteiger partial charge in [-0.15, -0.1) is 0 Å². The molecule has 1 aliphatic rings. The summed E-state index contributed by atoms with van der Waals surface area (Å²) in [6.45, 7) is 1.43. The highest BCUT2D eigenvalue weighted by molar-refractivity contribution is 5.16. The minimum Gasteiger partial charge on any atom is -0.348 e. The highest BCUT2D eigenvalue weighted by Gasteiger charge is 2.23. The molecule has 15 heavy (non-hydrogen) atoms. The number of hydrogen-bond donors (Lipinski definition) is 1. The zero-order valence-electron chi connectivity index (χ0n) is 8.76. The van der Waals surface area contributed by atoms with Crippen LogP contribution >= 0.6 is 0 Å². The Morgan fingerprint density at radius 3 is 2.80 bits per heavy atom. The van der Waals surface area contributed by atoms with E-state index < -0.39 is 0 Å². The van der Waals surface area contributed by atoms with Gasteiger partial charge < -0.3 is 15.2 Å². The van der Waals surface area contributed by atoms with Crippen molar-refractivity contribution in [3.05, 3.63) is 35.9 Å². The van der Waals surface area contributed by atoms with Crippen LogP contribution in [0.25, 0.3) is 0 Å². The predicted octanol–water partition coefficient (Wildman–Crippen LogP) is 1.84. The van der Waals surface area contributed by atoms with Crippen molar-refractivity contribution in [3.63, 3.8) is 0 Å². The smallest absolute Gasteiger partial charge is 0.184 e. The average molecular weight is 207 g/mol. The van der Waals surface area contributed by atoms with Crippen molar-refractivity contribution in [2.45, 2.75) is 25.2 Å². The molecule has 0 unspecified atom stereocenters. The third kappa shape index (κ3) is 2.78. The Bertz CT molecular complexity index is 287. The second kappa shape index (κ2) is 5.26. The van der Waals surface area contributed by atoms with Crippen LogP contribution in [0.15, 0.2) is 30.3 Å². The first kappa shape index (κ1) is 10.6. The van der Waals surface area contributed by atoms with Crippen molar-refractivity contribution in [2.75, 3.05) is 13.2 Å². The van der Waals surface area contributed by atoms with Crippen LogP contribution in [0.1, 0.15) is 24.7 Å². The van der Waals surface area contributed by atoms with Gasteiger partial charge in [0.05, 0.1) is 12.7 Å². The summed E-state index contributed by atoms with van der Waals surface area (Å²) in [5.41, 5.74) is 6.61. The average Bonchev–Trinajstić information content (AvgIpc) is 2.31. The van der Waals surface area contributed by atoms with Crippen molar-refractivity contribution in [1.82, 2.24) is 0 Å². The molecule has 2 rings (SSSR count). The Hall–Kier alpha value is -0.900. The molecule has 1 saturated heterocycles. The monoisotopic (exact) mass is 207 g/mol. The van der Waals surface area contributed by atoms with E-state index in [9.17, 15) is 0 Å². The Kier molecular flexibility index (Phi) is 3.72. The van der Waals surface area contributed by atoms with Gasteiger partial charge in [-0.25, -0.2) is 0 Å². The maximum absolute atomic E-state index is 5.81. The molecule has 0 aromatic heterocycles. The predicted molar refractivity (Wildman–Crippen MR) is 58.3 cm³/mol. The van der Waals surface area contributed by atoms with Crippen LogP contribution in [0.2, 0.25) is 0 Å². The van der Waals surface area contributed by atoms with Gasteiger partial charge >= 0.3 is 0 Å². The summed E-state index contributed by atoms with van der Waals surface area (Å²) in [4.78, 5) is 0. The largest absolute Gasteiger partial charge is 0.348 e. The molecule has 2 atom stereocenters. The van der Waals surface area contributed by atoms with Crippen LogP contribution in [-0.4, -0.2) is 19.3 Å². The van der Waals surface area contributed by atoms with Crippen molar-refractivity contribution in [3.8, 4) is 0 Å². The molecule has 0 radical (unpaired) electrons. The number of nitrogens with two attached hydrogens (primary N) is 1. The number of rotatable bonds is 3. The lowest BCUT2D eigenvalue weighted by molar-refractivity contribution is -0.217. The van der Waals surface area contributed by atoms with Gasteiger partial charge in [0, 0.05) is 5.56 Å². The van der Waals surface area contributed by atoms with Crippen LogP contribution in [0.3, 0.4) is 0 Å². The van der Waals surface area contributed by atoms with E-state index in [4.69, 9.17) is 15.2 Å². The van der Waals surface area contributed by atoms with E-state index in [1.54, 1.807) is 0 Å². The third-order valence-electron chi connectivity index (χ3n) is 2.59. The summed E-state index contributed by atoms with van der Waals surface area (Å²) < 4.78 is 11.4. The van der Waals surface area contributed by atoms with Crippen LogP contribution in [0.5, 0.6) is 0 Å². The second-order valence-electron chi connectivity index (χ2n) is 3.74. The fourth-order valence-corrected chi connectivity index (χ4v) is 1.77. The topological polar surface area (TPSA) is 44.5 Å². The molecule has 1 heterocycles. The maximum atomic E-state index is 5.81. The zero-order chi connectivity index (χ0) is 10.5. The Balaban J connectivity index is 1.98. The zero-order valence-corrected chi connectivity index (χ0v) is 8.76. The summed E-state index contributed by atoms with van der Waals surface area (Å²) >= 11 is 0. The Labute approximate surface area is 90.2 Å². The van der Waals surface area contributed by atoms with Crippen LogP contribution < -0.4 is 5.73 Å². The molecule has 0 saturated carbocycles. The molecule has 0 bridgehead atoms. The van der Waals surface area contributed by atoms with Gasteiger partial charge in [0.25, 0.3) is 0 Å². The van der Waals surface area contributed by atoms with Crippen molar-refractivity contribution in [1.29, 1.82) is 0 Å². The highest BCUT2D eigenvalue weighted by atomic mass is 16.7. The van der Waals surface area contributed by atoms with E-state index in [-0.39, 0.29) is 12.4 Å². The minimum atomic E-state index is -0.212. The Morgan fingerprint density at radius 2 is 2.07 bits per heavy atom. The first-order valence-electron chi connectivity index (χ1n) is 5.42. The molecule has 82 valence electrons. The lowest BCUT2D eigenvalue weighted by Gasteiger charge is -2.30. The molecule has 2 N–H and O–H groups in total. The molecule has 1 fully saturated rings. The van der Waals surface area contributed by atoms with Gasteiger partial charge in [-0.3, -0.25) is 0 Å². The fourth-order valence-electron chi connectivity index (χ4n) is 1.77. The molecule has 1 aliphatic heterocycles. The Morgan fingerprint density at radius 1 is 1.27 bits per heavy atom. The SMILES string of the molecule is NCC[C@H]1CCO[C@@H](c2ccccc2)O1. The van der Waals surface area contributed by atoms with Gasteiger partial charge in [-0.1, -0.05) is 30.3 Å². The van der Waals surface area contributed by atoms with Gasteiger partial charge in [0.1, 0.15) is 0 Å². The summed E-state index contributed by atoms with van der Waals surface area (Å²) in [6, 6.07) is 10.0. The minimum absolute atomic E-state index is 0.212. The van der Waals surface area contributed by atoms with Crippen molar-refractivity contribution >= 4 is 0 Å². The van der Waals surface area contributed by atoms with Gasteiger partial charge in [0.15, 0.2) is 6.29 Å². The summed E-state index contributed by atoms with van der Waals surface area (Å²) in [5, 5.41) is 0.